The Labute approximate surface area is 120 Å². The normalized spacial score (nSPS) is 21.8. The Bertz CT molecular complexity index is 496. The Morgan fingerprint density at radius 3 is 2.45 bits per heavy atom. The van der Waals surface area contributed by atoms with Crippen molar-refractivity contribution in [3.63, 3.8) is 0 Å². The van der Waals surface area contributed by atoms with Gasteiger partial charge in [-0.1, -0.05) is 43.7 Å². The van der Waals surface area contributed by atoms with Gasteiger partial charge in [-0.25, -0.2) is 0 Å². The number of carbonyl (C=O) groups excluding carboxylic acids is 2. The molecule has 108 valence electrons. The third-order valence-electron chi connectivity index (χ3n) is 3.89. The van der Waals surface area contributed by atoms with Crippen molar-refractivity contribution >= 4 is 11.8 Å². The third kappa shape index (κ3) is 2.55. The molecule has 1 atom stereocenters. The van der Waals surface area contributed by atoms with Crippen LogP contribution in [-0.4, -0.2) is 28.8 Å². The zero-order chi connectivity index (χ0) is 14.8. The second-order valence-electron chi connectivity index (χ2n) is 5.72. The standard InChI is InChI=1S/C16H22N2O2/c1-4-5-11-18-14(19)13(12-9-7-6-8-10-12)17-15(20)16(18,2)3/h6-10,13H,4-5,11H2,1-3H3,(H,17,20). The van der Waals surface area contributed by atoms with Crippen molar-refractivity contribution in [1.29, 1.82) is 0 Å². The number of amides is 2. The van der Waals surface area contributed by atoms with Crippen LogP contribution in [0.4, 0.5) is 0 Å². The van der Waals surface area contributed by atoms with E-state index in [1.807, 2.05) is 30.3 Å². The summed E-state index contributed by atoms with van der Waals surface area (Å²) >= 11 is 0. The molecule has 1 unspecified atom stereocenters. The highest BCUT2D eigenvalue weighted by Crippen LogP contribution is 2.28. The van der Waals surface area contributed by atoms with E-state index in [9.17, 15) is 9.59 Å². The Hall–Kier alpha value is -1.84. The van der Waals surface area contributed by atoms with E-state index in [4.69, 9.17) is 0 Å². The monoisotopic (exact) mass is 274 g/mol. The van der Waals surface area contributed by atoms with E-state index in [2.05, 4.69) is 12.2 Å². The van der Waals surface area contributed by atoms with Gasteiger partial charge >= 0.3 is 0 Å². The quantitative estimate of drug-likeness (QED) is 0.915. The zero-order valence-electron chi connectivity index (χ0n) is 12.3. The van der Waals surface area contributed by atoms with Crippen LogP contribution >= 0.6 is 0 Å². The first-order valence-electron chi connectivity index (χ1n) is 7.16. The number of nitrogens with zero attached hydrogens (tertiary/aromatic N) is 1. The molecule has 20 heavy (non-hydrogen) atoms. The van der Waals surface area contributed by atoms with Gasteiger partial charge in [0.25, 0.3) is 5.91 Å². The molecule has 0 saturated carbocycles. The number of unbranched alkanes of at least 4 members (excludes halogenated alkanes) is 1. The summed E-state index contributed by atoms with van der Waals surface area (Å²) in [5.74, 6) is -0.115. The fraction of sp³-hybridized carbons (Fsp3) is 0.500. The summed E-state index contributed by atoms with van der Waals surface area (Å²) in [4.78, 5) is 26.7. The summed E-state index contributed by atoms with van der Waals surface area (Å²) < 4.78 is 0. The van der Waals surface area contributed by atoms with Crippen molar-refractivity contribution in [1.82, 2.24) is 10.2 Å². The highest BCUT2D eigenvalue weighted by atomic mass is 16.2. The Morgan fingerprint density at radius 1 is 1.20 bits per heavy atom. The van der Waals surface area contributed by atoms with Crippen LogP contribution in [0.3, 0.4) is 0 Å². The van der Waals surface area contributed by atoms with E-state index in [0.29, 0.717) is 6.54 Å². The van der Waals surface area contributed by atoms with Crippen molar-refractivity contribution in [3.05, 3.63) is 35.9 Å². The van der Waals surface area contributed by atoms with Crippen molar-refractivity contribution in [3.8, 4) is 0 Å². The van der Waals surface area contributed by atoms with Gasteiger partial charge in [0.05, 0.1) is 0 Å². The number of hydrogen-bond acceptors (Lipinski definition) is 2. The van der Waals surface area contributed by atoms with Gasteiger partial charge < -0.3 is 10.2 Å². The fourth-order valence-corrected chi connectivity index (χ4v) is 2.50. The predicted molar refractivity (Wildman–Crippen MR) is 78.0 cm³/mol. The van der Waals surface area contributed by atoms with Crippen LogP contribution in [0.5, 0.6) is 0 Å². The molecule has 1 aliphatic heterocycles. The van der Waals surface area contributed by atoms with Crippen molar-refractivity contribution in [2.45, 2.75) is 45.2 Å². The largest absolute Gasteiger partial charge is 0.338 e. The van der Waals surface area contributed by atoms with Gasteiger partial charge in [-0.3, -0.25) is 9.59 Å². The maximum absolute atomic E-state index is 12.7. The zero-order valence-corrected chi connectivity index (χ0v) is 12.3. The summed E-state index contributed by atoms with van der Waals surface area (Å²) in [6.45, 7) is 6.31. The van der Waals surface area contributed by atoms with Crippen LogP contribution in [0.2, 0.25) is 0 Å². The lowest BCUT2D eigenvalue weighted by atomic mass is 9.92. The first-order chi connectivity index (χ1) is 9.48. The number of carbonyl (C=O) groups is 2. The van der Waals surface area contributed by atoms with Crippen LogP contribution in [0, 0.1) is 0 Å². The summed E-state index contributed by atoms with van der Waals surface area (Å²) in [6.07, 6.45) is 1.90. The van der Waals surface area contributed by atoms with E-state index in [1.54, 1.807) is 18.7 Å². The fourth-order valence-electron chi connectivity index (χ4n) is 2.50. The number of nitrogens with one attached hydrogen (secondary N) is 1. The molecule has 0 spiro atoms. The average Bonchev–Trinajstić information content (AvgIpc) is 2.44. The van der Waals surface area contributed by atoms with Gasteiger partial charge in [0.2, 0.25) is 5.91 Å². The lowest BCUT2D eigenvalue weighted by Gasteiger charge is -2.44. The van der Waals surface area contributed by atoms with Crippen molar-refractivity contribution in [2.75, 3.05) is 6.54 Å². The van der Waals surface area contributed by atoms with E-state index in [1.165, 1.54) is 0 Å². The first-order valence-corrected chi connectivity index (χ1v) is 7.16. The summed E-state index contributed by atoms with van der Waals surface area (Å²) in [7, 11) is 0. The second-order valence-corrected chi connectivity index (χ2v) is 5.72. The van der Waals surface area contributed by atoms with Crippen LogP contribution in [0.15, 0.2) is 30.3 Å². The summed E-state index contributed by atoms with van der Waals surface area (Å²) in [5.41, 5.74) is 0.0557. The minimum absolute atomic E-state index is 0.0192. The highest BCUT2D eigenvalue weighted by molar-refractivity contribution is 5.99. The van der Waals surface area contributed by atoms with E-state index < -0.39 is 11.6 Å². The Balaban J connectivity index is 2.30. The minimum Gasteiger partial charge on any atom is -0.338 e. The molecule has 1 heterocycles. The molecule has 1 N–H and O–H groups in total. The number of rotatable bonds is 4. The van der Waals surface area contributed by atoms with Crippen LogP contribution < -0.4 is 5.32 Å². The number of piperazine rings is 1. The molecule has 1 aliphatic rings. The molecular formula is C16H22N2O2. The topological polar surface area (TPSA) is 49.4 Å². The van der Waals surface area contributed by atoms with Gasteiger partial charge in [-0.15, -0.1) is 0 Å². The summed E-state index contributed by atoms with van der Waals surface area (Å²) in [6, 6.07) is 8.85. The number of benzene rings is 1. The molecule has 1 aromatic rings. The molecule has 1 aromatic carbocycles. The molecular weight excluding hydrogens is 252 g/mol. The van der Waals surface area contributed by atoms with Crippen LogP contribution in [0.1, 0.15) is 45.2 Å². The van der Waals surface area contributed by atoms with Gasteiger partial charge in [0.15, 0.2) is 0 Å². The maximum Gasteiger partial charge on any atom is 0.250 e. The van der Waals surface area contributed by atoms with E-state index in [0.717, 1.165) is 18.4 Å². The molecule has 0 bridgehead atoms. The van der Waals surface area contributed by atoms with Crippen LogP contribution in [-0.2, 0) is 9.59 Å². The Kier molecular flexibility index (Phi) is 4.12. The van der Waals surface area contributed by atoms with Gasteiger partial charge in [-0.2, -0.15) is 0 Å². The molecule has 4 nitrogen and oxygen atoms in total. The van der Waals surface area contributed by atoms with E-state index >= 15 is 0 Å². The summed E-state index contributed by atoms with van der Waals surface area (Å²) in [5, 5.41) is 2.85. The van der Waals surface area contributed by atoms with Gasteiger partial charge in [0.1, 0.15) is 11.6 Å². The molecule has 0 aliphatic carbocycles. The molecule has 1 saturated heterocycles. The van der Waals surface area contributed by atoms with Gasteiger partial charge in [0, 0.05) is 6.54 Å². The third-order valence-corrected chi connectivity index (χ3v) is 3.89. The Morgan fingerprint density at radius 2 is 1.85 bits per heavy atom. The lowest BCUT2D eigenvalue weighted by Crippen LogP contribution is -2.65. The SMILES string of the molecule is CCCCN1C(=O)C(c2ccccc2)NC(=O)C1(C)C. The van der Waals surface area contributed by atoms with Crippen molar-refractivity contribution < 1.29 is 9.59 Å². The number of hydrogen-bond donors (Lipinski definition) is 1. The first kappa shape index (κ1) is 14.6. The van der Waals surface area contributed by atoms with Crippen molar-refractivity contribution in [2.24, 2.45) is 0 Å². The highest BCUT2D eigenvalue weighted by Gasteiger charge is 2.46. The lowest BCUT2D eigenvalue weighted by molar-refractivity contribution is -0.155. The molecule has 4 heteroatoms. The molecule has 1 fully saturated rings. The predicted octanol–water partition coefficient (Wildman–Crippen LogP) is 2.26. The molecule has 0 aromatic heterocycles. The molecule has 0 radical (unpaired) electrons. The average molecular weight is 274 g/mol. The molecule has 2 amide bonds. The van der Waals surface area contributed by atoms with Crippen LogP contribution in [0.25, 0.3) is 0 Å². The molecule has 2 rings (SSSR count). The second kappa shape index (κ2) is 5.65. The van der Waals surface area contributed by atoms with E-state index in [-0.39, 0.29) is 11.8 Å². The smallest absolute Gasteiger partial charge is 0.250 e. The minimum atomic E-state index is -0.780. The van der Waals surface area contributed by atoms with Gasteiger partial charge in [-0.05, 0) is 25.8 Å². The maximum atomic E-state index is 12.7.